The van der Waals surface area contributed by atoms with Crippen LogP contribution in [-0.2, 0) is 9.53 Å². The first-order chi connectivity index (χ1) is 8.17. The molecule has 0 fully saturated rings. The van der Waals surface area contributed by atoms with E-state index in [-0.39, 0.29) is 12.0 Å². The Balaban J connectivity index is 2.57. The summed E-state index contributed by atoms with van der Waals surface area (Å²) >= 11 is 5.91. The monoisotopic (exact) mass is 256 g/mol. The molecule has 94 valence electrons. The highest BCUT2D eigenvalue weighted by Gasteiger charge is 2.11. The number of carbonyl (C=O) groups excluding carboxylic acids is 1. The number of nitrogens with one attached hydrogen (secondary N) is 2. The van der Waals surface area contributed by atoms with E-state index in [0.717, 1.165) is 5.56 Å². The number of ether oxygens (including phenoxy) is 1. The van der Waals surface area contributed by atoms with E-state index in [2.05, 4.69) is 10.6 Å². The van der Waals surface area contributed by atoms with Crippen molar-refractivity contribution in [1.29, 1.82) is 0 Å². The normalized spacial score (nSPS) is 12.2. The summed E-state index contributed by atoms with van der Waals surface area (Å²) in [6.45, 7) is 0.726. The first kappa shape index (κ1) is 14.0. The largest absolute Gasteiger partial charge is 0.375 e. The quantitative estimate of drug-likeness (QED) is 0.808. The van der Waals surface area contributed by atoms with Crippen LogP contribution in [0.1, 0.15) is 11.7 Å². The molecule has 0 aliphatic rings. The van der Waals surface area contributed by atoms with Gasteiger partial charge >= 0.3 is 0 Å². The first-order valence-electron chi connectivity index (χ1n) is 5.37. The molecule has 0 bridgehead atoms. The minimum atomic E-state index is -0.186. The van der Waals surface area contributed by atoms with Gasteiger partial charge in [-0.2, -0.15) is 0 Å². The first-order valence-corrected chi connectivity index (χ1v) is 5.74. The van der Waals surface area contributed by atoms with Gasteiger partial charge in [0, 0.05) is 18.7 Å². The number of rotatable bonds is 6. The Morgan fingerprint density at radius 1 is 1.53 bits per heavy atom. The summed E-state index contributed by atoms with van der Waals surface area (Å²) in [5, 5.41) is 6.23. The Hall–Kier alpha value is -1.10. The number of amides is 1. The van der Waals surface area contributed by atoms with E-state index in [0.29, 0.717) is 18.1 Å². The number of benzene rings is 1. The summed E-state index contributed by atoms with van der Waals surface area (Å²) in [7, 11) is 3.33. The fourth-order valence-corrected chi connectivity index (χ4v) is 1.67. The molecular weight excluding hydrogens is 240 g/mol. The Morgan fingerprint density at radius 3 is 2.88 bits per heavy atom. The molecule has 4 nitrogen and oxygen atoms in total. The van der Waals surface area contributed by atoms with Crippen LogP contribution in [0.15, 0.2) is 24.3 Å². The van der Waals surface area contributed by atoms with Crippen molar-refractivity contribution in [2.45, 2.75) is 6.10 Å². The topological polar surface area (TPSA) is 50.4 Å². The van der Waals surface area contributed by atoms with Gasteiger partial charge in [0.15, 0.2) is 0 Å². The van der Waals surface area contributed by atoms with Crippen molar-refractivity contribution in [2.24, 2.45) is 0 Å². The molecule has 0 saturated heterocycles. The van der Waals surface area contributed by atoms with Crippen LogP contribution in [0, 0.1) is 0 Å². The van der Waals surface area contributed by atoms with E-state index in [9.17, 15) is 4.79 Å². The lowest BCUT2D eigenvalue weighted by molar-refractivity contribution is -0.120. The summed E-state index contributed by atoms with van der Waals surface area (Å²) in [4.78, 5) is 11.3. The second kappa shape index (κ2) is 7.27. The van der Waals surface area contributed by atoms with Crippen molar-refractivity contribution >= 4 is 17.5 Å². The second-order valence-electron chi connectivity index (χ2n) is 3.61. The van der Waals surface area contributed by atoms with Crippen LogP contribution in [-0.4, -0.2) is 33.2 Å². The maximum atomic E-state index is 11.3. The summed E-state index contributed by atoms with van der Waals surface area (Å²) in [6.07, 6.45) is -0.186. The molecule has 1 rings (SSSR count). The minimum absolute atomic E-state index is 0.0587. The Morgan fingerprint density at radius 2 is 2.29 bits per heavy atom. The number of methoxy groups -OCH3 is 1. The highest BCUT2D eigenvalue weighted by Crippen LogP contribution is 2.19. The highest BCUT2D eigenvalue weighted by atomic mass is 35.5. The van der Waals surface area contributed by atoms with Crippen molar-refractivity contribution in [3.8, 4) is 0 Å². The molecule has 1 atom stereocenters. The third-order valence-corrected chi connectivity index (χ3v) is 2.56. The van der Waals surface area contributed by atoms with Crippen LogP contribution in [0.3, 0.4) is 0 Å². The molecule has 2 N–H and O–H groups in total. The average Bonchev–Trinajstić information content (AvgIpc) is 2.30. The van der Waals surface area contributed by atoms with Crippen LogP contribution in [0.5, 0.6) is 0 Å². The van der Waals surface area contributed by atoms with Gasteiger partial charge in [0.05, 0.1) is 12.6 Å². The molecule has 0 heterocycles. The van der Waals surface area contributed by atoms with Crippen molar-refractivity contribution < 1.29 is 9.53 Å². The van der Waals surface area contributed by atoms with E-state index in [1.54, 1.807) is 20.2 Å². The van der Waals surface area contributed by atoms with Gasteiger partial charge in [-0.05, 0) is 24.7 Å². The third-order valence-electron chi connectivity index (χ3n) is 2.33. The molecule has 0 aromatic heterocycles. The number of hydrogen-bond donors (Lipinski definition) is 2. The van der Waals surface area contributed by atoms with Gasteiger partial charge in [0.25, 0.3) is 0 Å². The van der Waals surface area contributed by atoms with Crippen molar-refractivity contribution in [3.63, 3.8) is 0 Å². The summed E-state index contributed by atoms with van der Waals surface area (Å²) < 4.78 is 5.33. The van der Waals surface area contributed by atoms with Crippen LogP contribution in [0.4, 0.5) is 0 Å². The average molecular weight is 257 g/mol. The number of halogens is 1. The van der Waals surface area contributed by atoms with Crippen LogP contribution < -0.4 is 10.6 Å². The van der Waals surface area contributed by atoms with Gasteiger partial charge in [-0.1, -0.05) is 23.7 Å². The van der Waals surface area contributed by atoms with Crippen molar-refractivity contribution in [2.75, 3.05) is 27.2 Å². The fourth-order valence-electron chi connectivity index (χ4n) is 1.47. The van der Waals surface area contributed by atoms with Gasteiger partial charge in [-0.25, -0.2) is 0 Å². The zero-order valence-electron chi connectivity index (χ0n) is 10.00. The highest BCUT2D eigenvalue weighted by molar-refractivity contribution is 6.30. The lowest BCUT2D eigenvalue weighted by Crippen LogP contribution is -2.35. The van der Waals surface area contributed by atoms with E-state index in [1.807, 2.05) is 18.2 Å². The summed E-state index contributed by atoms with van der Waals surface area (Å²) in [5.74, 6) is -0.0587. The number of carbonyl (C=O) groups is 1. The smallest absolute Gasteiger partial charge is 0.234 e. The maximum Gasteiger partial charge on any atom is 0.234 e. The molecule has 1 aromatic carbocycles. The van der Waals surface area contributed by atoms with Crippen molar-refractivity contribution in [3.05, 3.63) is 34.9 Å². The Bertz CT molecular complexity index is 371. The molecule has 0 aliphatic carbocycles. The summed E-state index contributed by atoms with van der Waals surface area (Å²) in [5.41, 5.74) is 0.949. The van der Waals surface area contributed by atoms with E-state index < -0.39 is 0 Å². The lowest BCUT2D eigenvalue weighted by Gasteiger charge is -2.16. The third kappa shape index (κ3) is 4.73. The molecule has 0 aliphatic heterocycles. The van der Waals surface area contributed by atoms with E-state index in [4.69, 9.17) is 16.3 Å². The van der Waals surface area contributed by atoms with Crippen molar-refractivity contribution in [1.82, 2.24) is 10.6 Å². The molecule has 17 heavy (non-hydrogen) atoms. The summed E-state index contributed by atoms with van der Waals surface area (Å²) in [6, 6.07) is 7.42. The zero-order chi connectivity index (χ0) is 12.7. The van der Waals surface area contributed by atoms with E-state index >= 15 is 0 Å². The molecule has 1 unspecified atom stereocenters. The SMILES string of the molecule is CNCC(=O)NCC(OC)c1cccc(Cl)c1. The predicted octanol–water partition coefficient (Wildman–Crippen LogP) is 1.36. The van der Waals surface area contributed by atoms with Gasteiger partial charge in [0.1, 0.15) is 0 Å². The molecule has 1 aromatic rings. The molecule has 0 radical (unpaired) electrons. The predicted molar refractivity (Wildman–Crippen MR) is 68.1 cm³/mol. The Labute approximate surface area is 106 Å². The maximum absolute atomic E-state index is 11.3. The number of likely N-dealkylation sites (N-methyl/N-ethyl adjacent to an activating group) is 1. The second-order valence-corrected chi connectivity index (χ2v) is 4.05. The van der Waals surface area contributed by atoms with Gasteiger partial charge in [-0.15, -0.1) is 0 Å². The lowest BCUT2D eigenvalue weighted by atomic mass is 10.1. The minimum Gasteiger partial charge on any atom is -0.375 e. The molecule has 1 amide bonds. The fraction of sp³-hybridized carbons (Fsp3) is 0.417. The molecule has 0 saturated carbocycles. The van der Waals surface area contributed by atoms with Gasteiger partial charge < -0.3 is 15.4 Å². The van der Waals surface area contributed by atoms with Crippen LogP contribution >= 0.6 is 11.6 Å². The molecule has 5 heteroatoms. The number of hydrogen-bond acceptors (Lipinski definition) is 3. The van der Waals surface area contributed by atoms with E-state index in [1.165, 1.54) is 0 Å². The molecule has 0 spiro atoms. The van der Waals surface area contributed by atoms with Crippen LogP contribution in [0.25, 0.3) is 0 Å². The zero-order valence-corrected chi connectivity index (χ0v) is 10.8. The van der Waals surface area contributed by atoms with Gasteiger partial charge in [0.2, 0.25) is 5.91 Å². The Kier molecular flexibility index (Phi) is 5.97. The standard InChI is InChI=1S/C12H17ClN2O2/c1-14-8-12(16)15-7-11(17-2)9-4-3-5-10(13)6-9/h3-6,11,14H,7-8H2,1-2H3,(H,15,16). The molecular formula is C12H17ClN2O2. The van der Waals surface area contributed by atoms with Crippen LogP contribution in [0.2, 0.25) is 5.02 Å². The van der Waals surface area contributed by atoms with Gasteiger partial charge in [-0.3, -0.25) is 4.79 Å².